The molecule has 3 aromatic rings. The number of benzene rings is 2. The highest BCUT2D eigenvalue weighted by molar-refractivity contribution is 9.10. The highest BCUT2D eigenvalue weighted by atomic mass is 79.9. The van der Waals surface area contributed by atoms with Gasteiger partial charge < -0.3 is 9.15 Å². The Labute approximate surface area is 140 Å². The van der Waals surface area contributed by atoms with Crippen LogP contribution in [0.4, 0.5) is 10.7 Å². The van der Waals surface area contributed by atoms with Gasteiger partial charge in [-0.15, -0.1) is 0 Å². The van der Waals surface area contributed by atoms with Crippen molar-refractivity contribution in [3.63, 3.8) is 0 Å². The molecule has 0 aliphatic rings. The van der Waals surface area contributed by atoms with Crippen LogP contribution in [0.1, 0.15) is 5.56 Å². The van der Waals surface area contributed by atoms with Gasteiger partial charge in [-0.2, -0.15) is 0 Å². The summed E-state index contributed by atoms with van der Waals surface area (Å²) in [7, 11) is 0. The lowest BCUT2D eigenvalue weighted by atomic mass is 10.2. The van der Waals surface area contributed by atoms with Gasteiger partial charge in [-0.3, -0.25) is 10.1 Å². The molecule has 3 rings (SSSR count). The van der Waals surface area contributed by atoms with Crippen molar-refractivity contribution >= 4 is 38.9 Å². The Morgan fingerprint density at radius 3 is 2.70 bits per heavy atom. The van der Waals surface area contributed by atoms with Crippen LogP contribution < -0.4 is 10.7 Å². The molecular formula is C17H12BrNO4. The Hall–Kier alpha value is -2.60. The second-order valence-corrected chi connectivity index (χ2v) is 5.72. The second-order valence-electron chi connectivity index (χ2n) is 4.80. The summed E-state index contributed by atoms with van der Waals surface area (Å²) in [5.41, 5.74) is 1.01. The second kappa shape index (κ2) is 6.66. The van der Waals surface area contributed by atoms with Crippen molar-refractivity contribution in [1.82, 2.24) is 0 Å². The molecule has 5 nitrogen and oxygen atoms in total. The van der Waals surface area contributed by atoms with E-state index in [1.165, 1.54) is 6.07 Å². The fourth-order valence-corrected chi connectivity index (χ4v) is 2.41. The van der Waals surface area contributed by atoms with E-state index in [0.29, 0.717) is 11.0 Å². The average molecular weight is 374 g/mol. The normalized spacial score (nSPS) is 10.5. The molecule has 0 radical (unpaired) electrons. The zero-order chi connectivity index (χ0) is 16.2. The predicted octanol–water partition coefficient (Wildman–Crippen LogP) is 4.30. The van der Waals surface area contributed by atoms with Crippen LogP contribution in [0.2, 0.25) is 0 Å². The summed E-state index contributed by atoms with van der Waals surface area (Å²) in [5.74, 6) is 0.0443. The molecule has 0 aliphatic heterocycles. The molecule has 0 bridgehead atoms. The van der Waals surface area contributed by atoms with Gasteiger partial charge in [-0.05, 0) is 23.8 Å². The maximum atomic E-state index is 12.0. The summed E-state index contributed by atoms with van der Waals surface area (Å²) in [6.45, 7) is 0.136. The van der Waals surface area contributed by atoms with Gasteiger partial charge in [0.05, 0.1) is 5.39 Å². The third-order valence-corrected chi connectivity index (χ3v) is 3.62. The predicted molar refractivity (Wildman–Crippen MR) is 90.4 cm³/mol. The van der Waals surface area contributed by atoms with E-state index in [-0.39, 0.29) is 17.9 Å². The van der Waals surface area contributed by atoms with E-state index in [4.69, 9.17) is 9.15 Å². The fourth-order valence-electron chi connectivity index (χ4n) is 2.05. The lowest BCUT2D eigenvalue weighted by Gasteiger charge is -2.07. The number of fused-ring (bicyclic) bond motifs is 1. The van der Waals surface area contributed by atoms with E-state index < -0.39 is 6.09 Å². The molecule has 0 saturated heterocycles. The first-order valence-electron chi connectivity index (χ1n) is 6.83. The fraction of sp³-hybridized carbons (Fsp3) is 0.0588. The summed E-state index contributed by atoms with van der Waals surface area (Å²) in [5, 5.41) is 2.85. The van der Waals surface area contributed by atoms with Crippen LogP contribution in [0.3, 0.4) is 0 Å². The van der Waals surface area contributed by atoms with Gasteiger partial charge in [-0.1, -0.05) is 46.3 Å². The Balaban J connectivity index is 1.72. The maximum absolute atomic E-state index is 12.0. The van der Waals surface area contributed by atoms with Crippen molar-refractivity contribution in [2.24, 2.45) is 0 Å². The van der Waals surface area contributed by atoms with Crippen molar-refractivity contribution in [1.29, 1.82) is 0 Å². The summed E-state index contributed by atoms with van der Waals surface area (Å²) in [6.07, 6.45) is -0.687. The van der Waals surface area contributed by atoms with Gasteiger partial charge in [0.15, 0.2) is 5.43 Å². The molecule has 1 N–H and O–H groups in total. The summed E-state index contributed by atoms with van der Waals surface area (Å²) in [6, 6.07) is 15.6. The van der Waals surface area contributed by atoms with E-state index in [9.17, 15) is 9.59 Å². The lowest BCUT2D eigenvalue weighted by molar-refractivity contribution is 0.154. The van der Waals surface area contributed by atoms with Gasteiger partial charge in [-0.25, -0.2) is 4.79 Å². The van der Waals surface area contributed by atoms with Crippen molar-refractivity contribution in [2.45, 2.75) is 6.61 Å². The smallest absolute Gasteiger partial charge is 0.414 e. The van der Waals surface area contributed by atoms with E-state index in [0.717, 1.165) is 10.0 Å². The number of carbonyl (C=O) groups excluding carboxylic acids is 1. The first kappa shape index (κ1) is 15.3. The Morgan fingerprint density at radius 1 is 1.13 bits per heavy atom. The summed E-state index contributed by atoms with van der Waals surface area (Å²) < 4.78 is 11.3. The molecule has 1 aromatic heterocycles. The molecule has 0 fully saturated rings. The first-order chi connectivity index (χ1) is 11.1. The molecule has 0 saturated carbocycles. The minimum atomic E-state index is -0.687. The molecule has 6 heteroatoms. The maximum Gasteiger partial charge on any atom is 0.414 e. The number of ether oxygens (including phenoxy) is 1. The number of halogens is 1. The zero-order valence-corrected chi connectivity index (χ0v) is 13.5. The lowest BCUT2D eigenvalue weighted by Crippen LogP contribution is -2.15. The molecule has 0 spiro atoms. The van der Waals surface area contributed by atoms with Gasteiger partial charge in [0.1, 0.15) is 12.2 Å². The van der Waals surface area contributed by atoms with E-state index >= 15 is 0 Å². The minimum Gasteiger partial charge on any atom is -0.444 e. The monoisotopic (exact) mass is 373 g/mol. The quantitative estimate of drug-likeness (QED) is 0.742. The van der Waals surface area contributed by atoms with Crippen molar-refractivity contribution in [3.05, 3.63) is 74.9 Å². The third-order valence-electron chi connectivity index (χ3n) is 3.13. The number of anilines is 1. The zero-order valence-electron chi connectivity index (χ0n) is 11.9. The molecule has 2 aromatic carbocycles. The summed E-state index contributed by atoms with van der Waals surface area (Å²) in [4.78, 5) is 23.8. The van der Waals surface area contributed by atoms with Crippen LogP contribution in [-0.2, 0) is 11.3 Å². The number of amides is 1. The Morgan fingerprint density at radius 2 is 1.91 bits per heavy atom. The molecule has 1 amide bonds. The number of nitrogens with one attached hydrogen (secondary N) is 1. The highest BCUT2D eigenvalue weighted by Crippen LogP contribution is 2.20. The number of rotatable bonds is 3. The van der Waals surface area contributed by atoms with Crippen molar-refractivity contribution < 1.29 is 13.9 Å². The minimum absolute atomic E-state index is 0.0443. The standard InChI is InChI=1S/C17H12BrNO4/c18-12-6-7-15-13(8-12)14(20)9-16(23-15)19-17(21)22-10-11-4-2-1-3-5-11/h1-9H,10H2,(H,19,21). The third kappa shape index (κ3) is 3.78. The number of hydrogen-bond donors (Lipinski definition) is 1. The van der Waals surface area contributed by atoms with Crippen LogP contribution in [0.5, 0.6) is 0 Å². The van der Waals surface area contributed by atoms with Crippen LogP contribution in [0, 0.1) is 0 Å². The highest BCUT2D eigenvalue weighted by Gasteiger charge is 2.09. The van der Waals surface area contributed by atoms with Crippen LogP contribution in [0.15, 0.2) is 68.3 Å². The first-order valence-corrected chi connectivity index (χ1v) is 7.62. The van der Waals surface area contributed by atoms with Crippen LogP contribution in [-0.4, -0.2) is 6.09 Å². The van der Waals surface area contributed by atoms with Crippen LogP contribution >= 0.6 is 15.9 Å². The van der Waals surface area contributed by atoms with Gasteiger partial charge in [0, 0.05) is 10.5 Å². The number of carbonyl (C=O) groups is 1. The van der Waals surface area contributed by atoms with E-state index in [1.54, 1.807) is 18.2 Å². The largest absolute Gasteiger partial charge is 0.444 e. The molecule has 116 valence electrons. The van der Waals surface area contributed by atoms with Gasteiger partial charge >= 0.3 is 6.09 Å². The molecule has 0 atom stereocenters. The molecule has 1 heterocycles. The molecule has 23 heavy (non-hydrogen) atoms. The topological polar surface area (TPSA) is 68.5 Å². The van der Waals surface area contributed by atoms with Crippen molar-refractivity contribution in [3.8, 4) is 0 Å². The number of hydrogen-bond acceptors (Lipinski definition) is 4. The SMILES string of the molecule is O=C(Nc1cc(=O)c2cc(Br)ccc2o1)OCc1ccccc1. The molecule has 0 aliphatic carbocycles. The van der Waals surface area contributed by atoms with Gasteiger partial charge in [0.25, 0.3) is 0 Å². The van der Waals surface area contributed by atoms with Crippen LogP contribution in [0.25, 0.3) is 11.0 Å². The van der Waals surface area contributed by atoms with E-state index in [2.05, 4.69) is 21.2 Å². The molecule has 0 unspecified atom stereocenters. The molecular weight excluding hydrogens is 362 g/mol. The average Bonchev–Trinajstić information content (AvgIpc) is 2.55. The van der Waals surface area contributed by atoms with E-state index in [1.807, 2.05) is 30.3 Å². The van der Waals surface area contributed by atoms with Crippen molar-refractivity contribution in [2.75, 3.05) is 5.32 Å². The summed E-state index contributed by atoms with van der Waals surface area (Å²) >= 11 is 3.30. The Kier molecular flexibility index (Phi) is 4.43. The van der Waals surface area contributed by atoms with Gasteiger partial charge in [0.2, 0.25) is 5.88 Å². The Bertz CT molecular complexity index is 905.